The summed E-state index contributed by atoms with van der Waals surface area (Å²) < 4.78 is 5.25. The van der Waals surface area contributed by atoms with Crippen molar-refractivity contribution >= 4 is 17.2 Å². The number of hydrogen-bond donors (Lipinski definition) is 1. The summed E-state index contributed by atoms with van der Waals surface area (Å²) in [7, 11) is 0. The Morgan fingerprint density at radius 1 is 1.28 bits per heavy atom. The topological polar surface area (TPSA) is 68.0 Å². The molecule has 2 heterocycles. The highest BCUT2D eigenvalue weighted by molar-refractivity contribution is 7.13. The first-order chi connectivity index (χ1) is 12.3. The van der Waals surface area contributed by atoms with E-state index in [1.54, 1.807) is 11.3 Å². The highest BCUT2D eigenvalue weighted by Crippen LogP contribution is 2.27. The largest absolute Gasteiger partial charge is 0.356 e. The minimum Gasteiger partial charge on any atom is -0.356 e. The molecule has 1 amide bonds. The van der Waals surface area contributed by atoms with Gasteiger partial charge in [-0.05, 0) is 36.6 Å². The van der Waals surface area contributed by atoms with E-state index >= 15 is 0 Å². The van der Waals surface area contributed by atoms with E-state index in [0.29, 0.717) is 24.6 Å². The molecule has 1 saturated carbocycles. The first-order valence-corrected chi connectivity index (χ1v) is 10.3. The summed E-state index contributed by atoms with van der Waals surface area (Å²) in [5, 5.41) is 9.01. The lowest BCUT2D eigenvalue weighted by Gasteiger charge is -2.21. The first kappa shape index (κ1) is 18.1. The molecule has 5 nitrogen and oxygen atoms in total. The van der Waals surface area contributed by atoms with Crippen LogP contribution in [0.25, 0.3) is 10.7 Å². The Morgan fingerprint density at radius 3 is 2.96 bits per heavy atom. The molecule has 0 aliphatic heterocycles. The highest BCUT2D eigenvalue weighted by atomic mass is 32.1. The lowest BCUT2D eigenvalue weighted by atomic mass is 9.86. The van der Waals surface area contributed by atoms with Crippen molar-refractivity contribution in [1.29, 1.82) is 0 Å². The van der Waals surface area contributed by atoms with Gasteiger partial charge in [0.15, 0.2) is 0 Å². The molecule has 0 saturated heterocycles. The predicted molar refractivity (Wildman–Crippen MR) is 99.4 cm³/mol. The van der Waals surface area contributed by atoms with Crippen molar-refractivity contribution in [2.24, 2.45) is 5.92 Å². The standard InChI is InChI=1S/C19H27N3O2S/c23-17(20-13-5-9-15-7-2-1-3-8-15)11-4-12-18-21-19(22-24-18)16-10-6-14-25-16/h6,10,14-15H,1-5,7-9,11-13H2,(H,20,23). The average Bonchev–Trinajstić information content (AvgIpc) is 3.31. The lowest BCUT2D eigenvalue weighted by Crippen LogP contribution is -2.24. The van der Waals surface area contributed by atoms with Crippen LogP contribution in [0.5, 0.6) is 0 Å². The van der Waals surface area contributed by atoms with Crippen LogP contribution in [0.2, 0.25) is 0 Å². The molecule has 136 valence electrons. The summed E-state index contributed by atoms with van der Waals surface area (Å²) in [6.45, 7) is 0.804. The molecular weight excluding hydrogens is 334 g/mol. The van der Waals surface area contributed by atoms with Gasteiger partial charge in [-0.3, -0.25) is 4.79 Å². The van der Waals surface area contributed by atoms with E-state index in [1.807, 2.05) is 17.5 Å². The van der Waals surface area contributed by atoms with Crippen LogP contribution >= 0.6 is 11.3 Å². The van der Waals surface area contributed by atoms with Crippen molar-refractivity contribution in [2.45, 2.75) is 64.2 Å². The molecule has 2 aromatic heterocycles. The van der Waals surface area contributed by atoms with E-state index in [4.69, 9.17) is 4.52 Å². The normalized spacial score (nSPS) is 15.4. The van der Waals surface area contributed by atoms with Gasteiger partial charge in [-0.25, -0.2) is 0 Å². The molecule has 0 spiro atoms. The number of aromatic nitrogens is 2. The van der Waals surface area contributed by atoms with Crippen molar-refractivity contribution in [3.63, 3.8) is 0 Å². The third kappa shape index (κ3) is 5.96. The van der Waals surface area contributed by atoms with Crippen molar-refractivity contribution in [2.75, 3.05) is 6.54 Å². The zero-order valence-electron chi connectivity index (χ0n) is 14.7. The first-order valence-electron chi connectivity index (χ1n) is 9.44. The summed E-state index contributed by atoms with van der Waals surface area (Å²) in [5.74, 6) is 2.26. The number of carbonyl (C=O) groups excluding carboxylic acids is 1. The predicted octanol–water partition coefficient (Wildman–Crippen LogP) is 4.60. The Morgan fingerprint density at radius 2 is 2.16 bits per heavy atom. The van der Waals surface area contributed by atoms with Crippen LogP contribution in [0.1, 0.15) is 63.7 Å². The summed E-state index contributed by atoms with van der Waals surface area (Å²) in [5.41, 5.74) is 0. The van der Waals surface area contributed by atoms with Crippen LogP contribution in [0, 0.1) is 5.92 Å². The molecule has 1 fully saturated rings. The molecular formula is C19H27N3O2S. The van der Waals surface area contributed by atoms with Crippen molar-refractivity contribution in [3.05, 3.63) is 23.4 Å². The monoisotopic (exact) mass is 361 g/mol. The van der Waals surface area contributed by atoms with E-state index in [1.165, 1.54) is 38.5 Å². The van der Waals surface area contributed by atoms with Gasteiger partial charge in [0.1, 0.15) is 0 Å². The molecule has 1 N–H and O–H groups in total. The number of amides is 1. The number of nitrogens with zero attached hydrogens (tertiary/aromatic N) is 2. The van der Waals surface area contributed by atoms with Crippen LogP contribution in [-0.2, 0) is 11.2 Å². The fourth-order valence-electron chi connectivity index (χ4n) is 3.45. The number of aryl methyl sites for hydroxylation is 1. The number of hydrogen-bond acceptors (Lipinski definition) is 5. The molecule has 3 rings (SSSR count). The number of nitrogens with one attached hydrogen (secondary N) is 1. The second-order valence-electron chi connectivity index (χ2n) is 6.84. The summed E-state index contributed by atoms with van der Waals surface area (Å²) >= 11 is 1.59. The summed E-state index contributed by atoms with van der Waals surface area (Å²) in [6.07, 6.45) is 11.2. The third-order valence-electron chi connectivity index (χ3n) is 4.84. The minimum absolute atomic E-state index is 0.127. The molecule has 1 aliphatic carbocycles. The van der Waals surface area contributed by atoms with Crippen molar-refractivity contribution < 1.29 is 9.32 Å². The molecule has 2 aromatic rings. The molecule has 6 heteroatoms. The Hall–Kier alpha value is -1.69. The Kier molecular flexibility index (Phi) is 7.03. The van der Waals surface area contributed by atoms with E-state index < -0.39 is 0 Å². The highest BCUT2D eigenvalue weighted by Gasteiger charge is 2.13. The molecule has 25 heavy (non-hydrogen) atoms. The molecule has 0 atom stereocenters. The summed E-state index contributed by atoms with van der Waals surface area (Å²) in [4.78, 5) is 17.3. The fourth-order valence-corrected chi connectivity index (χ4v) is 4.09. The van der Waals surface area contributed by atoms with Gasteiger partial charge in [-0.2, -0.15) is 4.98 Å². The molecule has 0 radical (unpaired) electrons. The number of thiophene rings is 1. The molecule has 0 unspecified atom stereocenters. The maximum absolute atomic E-state index is 11.9. The summed E-state index contributed by atoms with van der Waals surface area (Å²) in [6, 6.07) is 3.94. The van der Waals surface area contributed by atoms with Crippen LogP contribution in [-0.4, -0.2) is 22.6 Å². The van der Waals surface area contributed by atoms with Gasteiger partial charge in [0.05, 0.1) is 4.88 Å². The Bertz CT molecular complexity index is 633. The van der Waals surface area contributed by atoms with E-state index in [2.05, 4.69) is 15.5 Å². The van der Waals surface area contributed by atoms with Gasteiger partial charge in [0, 0.05) is 19.4 Å². The zero-order chi connectivity index (χ0) is 17.3. The number of carbonyl (C=O) groups is 1. The second kappa shape index (κ2) is 9.70. The van der Waals surface area contributed by atoms with E-state index in [9.17, 15) is 4.79 Å². The fraction of sp³-hybridized carbons (Fsp3) is 0.632. The maximum atomic E-state index is 11.9. The van der Waals surface area contributed by atoms with Gasteiger partial charge >= 0.3 is 0 Å². The van der Waals surface area contributed by atoms with Gasteiger partial charge in [-0.1, -0.05) is 43.3 Å². The smallest absolute Gasteiger partial charge is 0.226 e. The maximum Gasteiger partial charge on any atom is 0.226 e. The molecule has 0 aromatic carbocycles. The van der Waals surface area contributed by atoms with E-state index in [-0.39, 0.29) is 5.91 Å². The zero-order valence-corrected chi connectivity index (χ0v) is 15.5. The average molecular weight is 362 g/mol. The minimum atomic E-state index is 0.127. The quantitative estimate of drug-likeness (QED) is 0.663. The van der Waals surface area contributed by atoms with Gasteiger partial charge in [-0.15, -0.1) is 11.3 Å². The third-order valence-corrected chi connectivity index (χ3v) is 5.71. The van der Waals surface area contributed by atoms with Crippen molar-refractivity contribution in [3.8, 4) is 10.7 Å². The lowest BCUT2D eigenvalue weighted by molar-refractivity contribution is -0.121. The van der Waals surface area contributed by atoms with Gasteiger partial charge in [0.25, 0.3) is 0 Å². The Balaban J connectivity index is 1.26. The molecule has 1 aliphatic rings. The van der Waals surface area contributed by atoms with Gasteiger partial charge in [0.2, 0.25) is 17.6 Å². The van der Waals surface area contributed by atoms with Crippen molar-refractivity contribution in [1.82, 2.24) is 15.5 Å². The van der Waals surface area contributed by atoms with Crippen LogP contribution in [0.3, 0.4) is 0 Å². The van der Waals surface area contributed by atoms with Crippen LogP contribution in [0.4, 0.5) is 0 Å². The SMILES string of the molecule is O=C(CCCc1nc(-c2cccs2)no1)NCCCC1CCCCC1. The van der Waals surface area contributed by atoms with Crippen LogP contribution in [0.15, 0.2) is 22.0 Å². The second-order valence-corrected chi connectivity index (χ2v) is 7.79. The molecule has 0 bridgehead atoms. The van der Waals surface area contributed by atoms with E-state index in [0.717, 1.165) is 30.2 Å². The van der Waals surface area contributed by atoms with Gasteiger partial charge < -0.3 is 9.84 Å². The number of rotatable bonds is 9. The van der Waals surface area contributed by atoms with Crippen LogP contribution < -0.4 is 5.32 Å². The Labute approximate surface area is 153 Å².